The summed E-state index contributed by atoms with van der Waals surface area (Å²) in [4.78, 5) is 36.6. The van der Waals surface area contributed by atoms with Crippen LogP contribution < -0.4 is 0 Å². The number of hydrogen-bond acceptors (Lipinski definition) is 4. The van der Waals surface area contributed by atoms with Gasteiger partial charge in [-0.1, -0.05) is 36.4 Å². The van der Waals surface area contributed by atoms with Crippen LogP contribution in [0.4, 0.5) is 4.79 Å². The summed E-state index contributed by atoms with van der Waals surface area (Å²) in [6.45, 7) is 0.193. The van der Waals surface area contributed by atoms with Crippen molar-refractivity contribution in [1.29, 1.82) is 0 Å². The molecule has 0 spiro atoms. The standard InChI is InChI=1S/C15H12N4O2/c1-19-14(20)13-11(17-15(19)21)9-16-12(18-13)8-7-10-5-3-2-4-6-10/h2-8H,9H2,1H3/b8-7+. The Labute approximate surface area is 121 Å². The zero-order chi connectivity index (χ0) is 14.8. The maximum atomic E-state index is 12.0. The number of urea groups is 1. The number of fused-ring (bicyclic) bond motifs is 1. The second-order valence-electron chi connectivity index (χ2n) is 4.58. The Morgan fingerprint density at radius 1 is 1.10 bits per heavy atom. The lowest BCUT2D eigenvalue weighted by molar-refractivity contribution is -0.120. The van der Waals surface area contributed by atoms with Gasteiger partial charge >= 0.3 is 6.03 Å². The summed E-state index contributed by atoms with van der Waals surface area (Å²) in [5, 5.41) is 0. The highest BCUT2D eigenvalue weighted by Gasteiger charge is 2.33. The van der Waals surface area contributed by atoms with Crippen LogP contribution in [-0.2, 0) is 4.79 Å². The summed E-state index contributed by atoms with van der Waals surface area (Å²) >= 11 is 0. The Balaban J connectivity index is 1.87. The van der Waals surface area contributed by atoms with Gasteiger partial charge in [-0.3, -0.25) is 14.7 Å². The molecule has 2 aliphatic heterocycles. The van der Waals surface area contributed by atoms with E-state index in [0.29, 0.717) is 11.5 Å². The Kier molecular flexibility index (Phi) is 3.27. The van der Waals surface area contributed by atoms with Crippen molar-refractivity contribution in [3.63, 3.8) is 0 Å². The SMILES string of the molecule is CN1C(=O)N=C2CN=C(/C=C/c3ccccc3)N=C2C1=O. The van der Waals surface area contributed by atoms with E-state index in [0.717, 1.165) is 10.5 Å². The molecule has 0 atom stereocenters. The van der Waals surface area contributed by atoms with Crippen molar-refractivity contribution < 1.29 is 9.59 Å². The molecule has 21 heavy (non-hydrogen) atoms. The van der Waals surface area contributed by atoms with Crippen molar-refractivity contribution in [2.75, 3.05) is 13.6 Å². The fourth-order valence-electron chi connectivity index (χ4n) is 1.97. The van der Waals surface area contributed by atoms with Gasteiger partial charge in [0.2, 0.25) is 0 Å². The average Bonchev–Trinajstić information content (AvgIpc) is 2.52. The molecule has 0 unspecified atom stereocenters. The number of imide groups is 1. The predicted molar refractivity (Wildman–Crippen MR) is 80.8 cm³/mol. The fraction of sp³-hybridized carbons (Fsp3) is 0.133. The summed E-state index contributed by atoms with van der Waals surface area (Å²) in [5.41, 5.74) is 1.54. The van der Waals surface area contributed by atoms with Crippen LogP contribution >= 0.6 is 0 Å². The largest absolute Gasteiger partial charge is 0.350 e. The Morgan fingerprint density at radius 3 is 2.62 bits per heavy atom. The zero-order valence-electron chi connectivity index (χ0n) is 11.4. The van der Waals surface area contributed by atoms with Gasteiger partial charge < -0.3 is 0 Å². The molecule has 104 valence electrons. The number of amides is 3. The molecular weight excluding hydrogens is 268 g/mol. The smallest absolute Gasteiger partial charge is 0.267 e. The highest BCUT2D eigenvalue weighted by atomic mass is 16.2. The molecule has 0 aliphatic carbocycles. The number of rotatable bonds is 2. The van der Waals surface area contributed by atoms with Crippen molar-refractivity contribution in [1.82, 2.24) is 4.90 Å². The Morgan fingerprint density at radius 2 is 1.86 bits per heavy atom. The van der Waals surface area contributed by atoms with Crippen molar-refractivity contribution in [3.8, 4) is 0 Å². The molecule has 0 N–H and O–H groups in total. The first-order valence-corrected chi connectivity index (χ1v) is 6.41. The first-order valence-electron chi connectivity index (χ1n) is 6.41. The van der Waals surface area contributed by atoms with Crippen molar-refractivity contribution >= 4 is 35.3 Å². The van der Waals surface area contributed by atoms with Gasteiger partial charge in [0.1, 0.15) is 5.84 Å². The van der Waals surface area contributed by atoms with E-state index in [1.54, 1.807) is 6.08 Å². The molecule has 3 rings (SSSR count). The number of amidine groups is 1. The van der Waals surface area contributed by atoms with Gasteiger partial charge in [0.15, 0.2) is 5.71 Å². The number of carbonyl (C=O) groups excluding carboxylic acids is 2. The van der Waals surface area contributed by atoms with Crippen LogP contribution in [0.2, 0.25) is 0 Å². The summed E-state index contributed by atoms with van der Waals surface area (Å²) in [6, 6.07) is 9.14. The lowest BCUT2D eigenvalue weighted by atomic mass is 10.1. The van der Waals surface area contributed by atoms with Crippen molar-refractivity contribution in [2.24, 2.45) is 15.0 Å². The van der Waals surface area contributed by atoms with Crippen LogP contribution in [0, 0.1) is 0 Å². The number of hydrogen-bond donors (Lipinski definition) is 0. The molecule has 0 bridgehead atoms. The maximum Gasteiger partial charge on any atom is 0.350 e. The number of carbonyl (C=O) groups is 2. The van der Waals surface area contributed by atoms with Crippen LogP contribution in [0.5, 0.6) is 0 Å². The number of benzene rings is 1. The molecule has 0 saturated heterocycles. The van der Waals surface area contributed by atoms with Gasteiger partial charge in [0, 0.05) is 7.05 Å². The fourth-order valence-corrected chi connectivity index (χ4v) is 1.97. The second-order valence-corrected chi connectivity index (χ2v) is 4.58. The van der Waals surface area contributed by atoms with Crippen LogP contribution in [0.1, 0.15) is 5.56 Å². The minimum atomic E-state index is -0.576. The molecule has 0 saturated carbocycles. The summed E-state index contributed by atoms with van der Waals surface area (Å²) in [6.07, 6.45) is 3.61. The average molecular weight is 280 g/mol. The van der Waals surface area contributed by atoms with Crippen LogP contribution in [0.15, 0.2) is 51.4 Å². The molecule has 6 heteroatoms. The molecule has 0 aromatic heterocycles. The third-order valence-corrected chi connectivity index (χ3v) is 3.14. The van der Waals surface area contributed by atoms with Gasteiger partial charge in [-0.05, 0) is 11.6 Å². The predicted octanol–water partition coefficient (Wildman–Crippen LogP) is 1.59. The molecule has 2 heterocycles. The minimum Gasteiger partial charge on any atom is -0.267 e. The quantitative estimate of drug-likeness (QED) is 0.825. The zero-order valence-corrected chi connectivity index (χ0v) is 11.4. The number of nitrogens with zero attached hydrogens (tertiary/aromatic N) is 4. The first kappa shape index (κ1) is 13.1. The van der Waals surface area contributed by atoms with Gasteiger partial charge in [-0.15, -0.1) is 0 Å². The van der Waals surface area contributed by atoms with Crippen LogP contribution in [0.3, 0.4) is 0 Å². The van der Waals surface area contributed by atoms with Crippen LogP contribution in [-0.4, -0.2) is 47.7 Å². The van der Waals surface area contributed by atoms with E-state index in [1.165, 1.54) is 7.05 Å². The Bertz CT molecular complexity index is 729. The van der Waals surface area contributed by atoms with Gasteiger partial charge in [-0.2, -0.15) is 4.99 Å². The molecular formula is C15H12N4O2. The molecule has 6 nitrogen and oxygen atoms in total. The topological polar surface area (TPSA) is 74.5 Å². The van der Waals surface area contributed by atoms with E-state index in [9.17, 15) is 9.59 Å². The second kappa shape index (κ2) is 5.24. The van der Waals surface area contributed by atoms with E-state index in [4.69, 9.17) is 0 Å². The monoisotopic (exact) mass is 280 g/mol. The Hall–Kier alpha value is -2.89. The third-order valence-electron chi connectivity index (χ3n) is 3.14. The summed E-state index contributed by atoms with van der Waals surface area (Å²) in [5.74, 6) is 0.00872. The van der Waals surface area contributed by atoms with Crippen molar-refractivity contribution in [2.45, 2.75) is 0 Å². The van der Waals surface area contributed by atoms with Crippen molar-refractivity contribution in [3.05, 3.63) is 42.0 Å². The normalized spacial score (nSPS) is 18.3. The molecule has 3 amide bonds. The van der Waals surface area contributed by atoms with E-state index in [2.05, 4.69) is 15.0 Å². The number of aliphatic imine (C=N–C) groups is 3. The highest BCUT2D eigenvalue weighted by Crippen LogP contribution is 2.10. The lowest BCUT2D eigenvalue weighted by Crippen LogP contribution is -2.47. The van der Waals surface area contributed by atoms with Crippen LogP contribution in [0.25, 0.3) is 6.08 Å². The summed E-state index contributed by atoms with van der Waals surface area (Å²) < 4.78 is 0. The minimum absolute atomic E-state index is 0.193. The first-order chi connectivity index (χ1) is 10.1. The molecule has 2 aliphatic rings. The van der Waals surface area contributed by atoms with E-state index in [1.807, 2.05) is 36.4 Å². The highest BCUT2D eigenvalue weighted by molar-refractivity contribution is 6.71. The molecule has 1 aromatic carbocycles. The van der Waals surface area contributed by atoms with Gasteiger partial charge in [0.25, 0.3) is 5.91 Å². The van der Waals surface area contributed by atoms with Gasteiger partial charge in [0.05, 0.1) is 12.3 Å². The van der Waals surface area contributed by atoms with E-state index in [-0.39, 0.29) is 12.3 Å². The molecule has 0 radical (unpaired) electrons. The maximum absolute atomic E-state index is 12.0. The van der Waals surface area contributed by atoms with Gasteiger partial charge in [-0.25, -0.2) is 9.79 Å². The molecule has 0 fully saturated rings. The van der Waals surface area contributed by atoms with E-state index >= 15 is 0 Å². The van der Waals surface area contributed by atoms with E-state index < -0.39 is 11.9 Å². The summed E-state index contributed by atoms with van der Waals surface area (Å²) in [7, 11) is 1.39. The third kappa shape index (κ3) is 2.55. The lowest BCUT2D eigenvalue weighted by Gasteiger charge is -2.21. The molecule has 1 aromatic rings.